The van der Waals surface area contributed by atoms with Gasteiger partial charge < -0.3 is 15.5 Å². The molecule has 1 saturated carbocycles. The molecule has 0 atom stereocenters. The fourth-order valence-electron chi connectivity index (χ4n) is 2.53. The van der Waals surface area contributed by atoms with Gasteiger partial charge in [0.2, 0.25) is 5.91 Å². The molecule has 1 fully saturated rings. The van der Waals surface area contributed by atoms with E-state index in [-0.39, 0.29) is 5.91 Å². The van der Waals surface area contributed by atoms with Gasteiger partial charge >= 0.3 is 0 Å². The van der Waals surface area contributed by atoms with E-state index in [1.54, 1.807) is 0 Å². The summed E-state index contributed by atoms with van der Waals surface area (Å²) in [5.74, 6) is 0.0817. The standard InChI is InChI=1S/C17H27N3O/c1-4-18-17(21)12-20(5-2)16-9-6-14(10-13(16)3)11-19-15-7-8-15/h6,9-10,15,19H,4-5,7-8,11-12H2,1-3H3,(H,18,21). The van der Waals surface area contributed by atoms with Crippen molar-refractivity contribution in [3.63, 3.8) is 0 Å². The molecule has 21 heavy (non-hydrogen) atoms. The number of benzene rings is 1. The van der Waals surface area contributed by atoms with Gasteiger partial charge in [-0.3, -0.25) is 4.79 Å². The minimum absolute atomic E-state index is 0.0817. The third-order valence-corrected chi connectivity index (χ3v) is 3.86. The molecule has 0 unspecified atom stereocenters. The van der Waals surface area contributed by atoms with E-state index in [1.165, 1.54) is 24.0 Å². The number of amides is 1. The van der Waals surface area contributed by atoms with Crippen LogP contribution in [0.2, 0.25) is 0 Å². The molecule has 2 N–H and O–H groups in total. The molecule has 1 aromatic rings. The predicted octanol–water partition coefficient (Wildman–Crippen LogP) is 2.21. The molecule has 0 saturated heterocycles. The molecule has 1 aliphatic carbocycles. The van der Waals surface area contributed by atoms with E-state index in [0.29, 0.717) is 13.1 Å². The number of carbonyl (C=O) groups is 1. The Kier molecular flexibility index (Phi) is 5.62. The monoisotopic (exact) mass is 289 g/mol. The zero-order valence-corrected chi connectivity index (χ0v) is 13.4. The van der Waals surface area contributed by atoms with Crippen LogP contribution >= 0.6 is 0 Å². The maximum Gasteiger partial charge on any atom is 0.239 e. The Morgan fingerprint density at radius 1 is 1.33 bits per heavy atom. The number of hydrogen-bond donors (Lipinski definition) is 2. The first kappa shape index (κ1) is 15.8. The zero-order valence-electron chi connectivity index (χ0n) is 13.4. The number of nitrogens with zero attached hydrogens (tertiary/aromatic N) is 1. The Morgan fingerprint density at radius 2 is 2.10 bits per heavy atom. The van der Waals surface area contributed by atoms with Gasteiger partial charge in [-0.15, -0.1) is 0 Å². The van der Waals surface area contributed by atoms with Crippen molar-refractivity contribution in [3.8, 4) is 0 Å². The van der Waals surface area contributed by atoms with E-state index < -0.39 is 0 Å². The van der Waals surface area contributed by atoms with Gasteiger partial charge in [0.1, 0.15) is 0 Å². The van der Waals surface area contributed by atoms with Gasteiger partial charge in [-0.25, -0.2) is 0 Å². The lowest BCUT2D eigenvalue weighted by atomic mass is 10.1. The number of rotatable bonds is 8. The van der Waals surface area contributed by atoms with Crippen LogP contribution in [-0.2, 0) is 11.3 Å². The lowest BCUT2D eigenvalue weighted by molar-refractivity contribution is -0.119. The maximum atomic E-state index is 11.8. The molecule has 0 spiro atoms. The van der Waals surface area contributed by atoms with Crippen molar-refractivity contribution in [2.24, 2.45) is 0 Å². The molecule has 4 heteroatoms. The van der Waals surface area contributed by atoms with Gasteiger partial charge in [0.25, 0.3) is 0 Å². The van der Waals surface area contributed by atoms with Crippen molar-refractivity contribution in [1.82, 2.24) is 10.6 Å². The molecular formula is C17H27N3O. The zero-order chi connectivity index (χ0) is 15.2. The van der Waals surface area contributed by atoms with Crippen LogP contribution in [0.25, 0.3) is 0 Å². The Balaban J connectivity index is 2.00. The molecule has 4 nitrogen and oxygen atoms in total. The first-order valence-corrected chi connectivity index (χ1v) is 7.98. The Labute approximate surface area is 127 Å². The number of anilines is 1. The molecule has 1 amide bonds. The van der Waals surface area contributed by atoms with Crippen molar-refractivity contribution in [3.05, 3.63) is 29.3 Å². The second-order valence-electron chi connectivity index (χ2n) is 5.74. The predicted molar refractivity (Wildman–Crippen MR) is 87.6 cm³/mol. The van der Waals surface area contributed by atoms with Crippen LogP contribution in [0, 0.1) is 6.92 Å². The Morgan fingerprint density at radius 3 is 2.67 bits per heavy atom. The smallest absolute Gasteiger partial charge is 0.239 e. The van der Waals surface area contributed by atoms with Crippen LogP contribution in [-0.4, -0.2) is 31.6 Å². The summed E-state index contributed by atoms with van der Waals surface area (Å²) in [6.07, 6.45) is 2.63. The van der Waals surface area contributed by atoms with E-state index >= 15 is 0 Å². The van der Waals surface area contributed by atoms with Crippen LogP contribution in [0.1, 0.15) is 37.8 Å². The van der Waals surface area contributed by atoms with E-state index in [9.17, 15) is 4.79 Å². The van der Waals surface area contributed by atoms with Crippen molar-refractivity contribution >= 4 is 11.6 Å². The SMILES string of the molecule is CCNC(=O)CN(CC)c1ccc(CNC2CC2)cc1C. The number of carbonyl (C=O) groups excluding carboxylic acids is 1. The van der Waals surface area contributed by atoms with E-state index in [1.807, 2.05) is 6.92 Å². The van der Waals surface area contributed by atoms with Crippen molar-refractivity contribution in [2.75, 3.05) is 24.5 Å². The van der Waals surface area contributed by atoms with Crippen LogP contribution in [0.5, 0.6) is 0 Å². The molecule has 0 radical (unpaired) electrons. The number of likely N-dealkylation sites (N-methyl/N-ethyl adjacent to an activating group) is 2. The molecule has 1 aliphatic rings. The molecule has 2 rings (SSSR count). The Bertz CT molecular complexity index is 483. The summed E-state index contributed by atoms with van der Waals surface area (Å²) in [6.45, 7) is 9.02. The molecule has 0 aliphatic heterocycles. The molecule has 0 heterocycles. The van der Waals surface area contributed by atoms with Gasteiger partial charge in [-0.2, -0.15) is 0 Å². The maximum absolute atomic E-state index is 11.8. The van der Waals surface area contributed by atoms with Crippen molar-refractivity contribution in [2.45, 2.75) is 46.2 Å². The highest BCUT2D eigenvalue weighted by Crippen LogP contribution is 2.23. The van der Waals surface area contributed by atoms with Crippen LogP contribution < -0.4 is 15.5 Å². The second-order valence-corrected chi connectivity index (χ2v) is 5.74. The summed E-state index contributed by atoms with van der Waals surface area (Å²) >= 11 is 0. The van der Waals surface area contributed by atoms with Gasteiger partial charge in [-0.05, 0) is 50.8 Å². The number of aryl methyl sites for hydroxylation is 1. The molecule has 1 aromatic carbocycles. The molecular weight excluding hydrogens is 262 g/mol. The lowest BCUT2D eigenvalue weighted by Crippen LogP contribution is -2.37. The quantitative estimate of drug-likeness (QED) is 0.771. The first-order valence-electron chi connectivity index (χ1n) is 7.98. The highest BCUT2D eigenvalue weighted by atomic mass is 16.2. The Hall–Kier alpha value is -1.55. The molecule has 116 valence electrons. The minimum atomic E-state index is 0.0817. The second kappa shape index (κ2) is 7.46. The fourth-order valence-corrected chi connectivity index (χ4v) is 2.53. The normalized spacial score (nSPS) is 14.0. The highest BCUT2D eigenvalue weighted by Gasteiger charge is 2.20. The summed E-state index contributed by atoms with van der Waals surface area (Å²) in [5, 5.41) is 6.39. The molecule has 0 bridgehead atoms. The van der Waals surface area contributed by atoms with E-state index in [4.69, 9.17) is 0 Å². The van der Waals surface area contributed by atoms with Gasteiger partial charge in [0, 0.05) is 31.4 Å². The summed E-state index contributed by atoms with van der Waals surface area (Å²) in [5.41, 5.74) is 3.70. The topological polar surface area (TPSA) is 44.4 Å². The van der Waals surface area contributed by atoms with Crippen LogP contribution in [0.15, 0.2) is 18.2 Å². The largest absolute Gasteiger partial charge is 0.362 e. The minimum Gasteiger partial charge on any atom is -0.362 e. The third kappa shape index (κ3) is 4.74. The van der Waals surface area contributed by atoms with E-state index in [2.05, 4.69) is 47.6 Å². The van der Waals surface area contributed by atoms with Gasteiger partial charge in [-0.1, -0.05) is 12.1 Å². The first-order chi connectivity index (χ1) is 10.1. The average molecular weight is 289 g/mol. The van der Waals surface area contributed by atoms with Crippen molar-refractivity contribution in [1.29, 1.82) is 0 Å². The van der Waals surface area contributed by atoms with Crippen LogP contribution in [0.3, 0.4) is 0 Å². The number of hydrogen-bond acceptors (Lipinski definition) is 3. The highest BCUT2D eigenvalue weighted by molar-refractivity contribution is 5.81. The van der Waals surface area contributed by atoms with Crippen LogP contribution in [0.4, 0.5) is 5.69 Å². The number of nitrogens with one attached hydrogen (secondary N) is 2. The average Bonchev–Trinajstić information content (AvgIpc) is 3.27. The summed E-state index contributed by atoms with van der Waals surface area (Å²) in [7, 11) is 0. The van der Waals surface area contributed by atoms with Gasteiger partial charge in [0.05, 0.1) is 6.54 Å². The summed E-state index contributed by atoms with van der Waals surface area (Å²) < 4.78 is 0. The van der Waals surface area contributed by atoms with E-state index in [0.717, 1.165) is 24.8 Å². The fraction of sp³-hybridized carbons (Fsp3) is 0.588. The van der Waals surface area contributed by atoms with Crippen molar-refractivity contribution < 1.29 is 4.79 Å². The van der Waals surface area contributed by atoms with Gasteiger partial charge in [0.15, 0.2) is 0 Å². The molecule has 0 aromatic heterocycles. The third-order valence-electron chi connectivity index (χ3n) is 3.86. The summed E-state index contributed by atoms with van der Waals surface area (Å²) in [4.78, 5) is 13.9. The lowest BCUT2D eigenvalue weighted by Gasteiger charge is -2.24. The summed E-state index contributed by atoms with van der Waals surface area (Å²) in [6, 6.07) is 7.26.